The molecule has 0 fully saturated rings. The predicted molar refractivity (Wildman–Crippen MR) is 64.7 cm³/mol. The Morgan fingerprint density at radius 2 is 2.18 bits per heavy atom. The number of amides is 1. The Morgan fingerprint density at radius 1 is 1.41 bits per heavy atom. The van der Waals surface area contributed by atoms with Gasteiger partial charge in [0.05, 0.1) is 12.3 Å². The second kappa shape index (κ2) is 5.16. The minimum absolute atomic E-state index is 0.335. The second-order valence-electron chi connectivity index (χ2n) is 3.38. The molecule has 1 aromatic carbocycles. The highest BCUT2D eigenvalue weighted by Crippen LogP contribution is 2.18. The number of H-pyrrole nitrogens is 1. The molecule has 1 amide bonds. The van der Waals surface area contributed by atoms with E-state index in [9.17, 15) is 4.79 Å². The van der Waals surface area contributed by atoms with Gasteiger partial charge >= 0.3 is 6.09 Å². The first kappa shape index (κ1) is 11.2. The molecule has 0 aliphatic rings. The van der Waals surface area contributed by atoms with E-state index in [-0.39, 0.29) is 0 Å². The highest BCUT2D eigenvalue weighted by atomic mass is 16.5. The third-order valence-electron chi connectivity index (χ3n) is 2.17. The van der Waals surface area contributed by atoms with Crippen molar-refractivity contribution in [2.75, 3.05) is 11.9 Å². The summed E-state index contributed by atoms with van der Waals surface area (Å²) in [6, 6.07) is 11.5. The van der Waals surface area contributed by atoms with E-state index in [1.54, 1.807) is 13.0 Å². The van der Waals surface area contributed by atoms with E-state index in [4.69, 9.17) is 4.74 Å². The van der Waals surface area contributed by atoms with Gasteiger partial charge in [0.25, 0.3) is 0 Å². The maximum atomic E-state index is 11.2. The molecule has 0 radical (unpaired) electrons. The molecule has 0 aliphatic heterocycles. The summed E-state index contributed by atoms with van der Waals surface area (Å²) in [6.07, 6.45) is -0.501. The van der Waals surface area contributed by atoms with E-state index in [0.717, 1.165) is 11.3 Å². The van der Waals surface area contributed by atoms with Gasteiger partial charge in [-0.25, -0.2) is 4.79 Å². The molecule has 17 heavy (non-hydrogen) atoms. The van der Waals surface area contributed by atoms with Crippen molar-refractivity contribution in [2.45, 2.75) is 6.92 Å². The lowest BCUT2D eigenvalue weighted by Crippen LogP contribution is -2.13. The van der Waals surface area contributed by atoms with Crippen LogP contribution in [0, 0.1) is 0 Å². The average molecular weight is 231 g/mol. The zero-order chi connectivity index (χ0) is 12.1. The van der Waals surface area contributed by atoms with Crippen LogP contribution < -0.4 is 5.32 Å². The van der Waals surface area contributed by atoms with E-state index < -0.39 is 6.09 Å². The van der Waals surface area contributed by atoms with Crippen molar-refractivity contribution in [3.8, 4) is 11.3 Å². The largest absolute Gasteiger partial charge is 0.450 e. The fraction of sp³-hybridized carbons (Fsp3) is 0.167. The van der Waals surface area contributed by atoms with Crippen molar-refractivity contribution in [1.29, 1.82) is 0 Å². The van der Waals surface area contributed by atoms with Gasteiger partial charge in [0.1, 0.15) is 0 Å². The van der Waals surface area contributed by atoms with Crippen LogP contribution in [0.5, 0.6) is 0 Å². The molecule has 2 rings (SSSR count). The van der Waals surface area contributed by atoms with Gasteiger partial charge in [-0.2, -0.15) is 5.10 Å². The van der Waals surface area contributed by atoms with E-state index in [0.29, 0.717) is 12.4 Å². The van der Waals surface area contributed by atoms with Crippen LogP contribution in [0.4, 0.5) is 10.6 Å². The monoisotopic (exact) mass is 231 g/mol. The molecule has 88 valence electrons. The van der Waals surface area contributed by atoms with Crippen molar-refractivity contribution in [3.05, 3.63) is 36.4 Å². The van der Waals surface area contributed by atoms with Gasteiger partial charge < -0.3 is 4.74 Å². The van der Waals surface area contributed by atoms with Gasteiger partial charge in [-0.05, 0) is 12.5 Å². The summed E-state index contributed by atoms with van der Waals surface area (Å²) in [5.41, 5.74) is 1.86. The van der Waals surface area contributed by atoms with E-state index in [1.807, 2.05) is 30.3 Å². The Bertz CT molecular complexity index is 493. The summed E-state index contributed by atoms with van der Waals surface area (Å²) in [4.78, 5) is 11.2. The average Bonchev–Trinajstić information content (AvgIpc) is 2.79. The van der Waals surface area contributed by atoms with Crippen molar-refractivity contribution >= 4 is 11.9 Å². The van der Waals surface area contributed by atoms with Crippen molar-refractivity contribution in [2.24, 2.45) is 0 Å². The number of nitrogens with zero attached hydrogens (tertiary/aromatic N) is 1. The molecule has 5 nitrogen and oxygen atoms in total. The van der Waals surface area contributed by atoms with Crippen LogP contribution >= 0.6 is 0 Å². The van der Waals surface area contributed by atoms with Crippen molar-refractivity contribution in [3.63, 3.8) is 0 Å². The number of hydrogen-bond acceptors (Lipinski definition) is 3. The molecule has 2 N–H and O–H groups in total. The highest BCUT2D eigenvalue weighted by molar-refractivity contribution is 5.84. The van der Waals surface area contributed by atoms with E-state index in [1.165, 1.54) is 0 Å². The Morgan fingerprint density at radius 3 is 2.88 bits per heavy atom. The molecule has 1 heterocycles. The molecule has 2 aromatic rings. The predicted octanol–water partition coefficient (Wildman–Crippen LogP) is 2.65. The zero-order valence-electron chi connectivity index (χ0n) is 9.43. The smallest absolute Gasteiger partial charge is 0.412 e. The summed E-state index contributed by atoms with van der Waals surface area (Å²) in [5.74, 6) is 0.447. The second-order valence-corrected chi connectivity index (χ2v) is 3.38. The Labute approximate surface area is 98.8 Å². The lowest BCUT2D eigenvalue weighted by atomic mass is 10.2. The molecule has 0 atom stereocenters. The number of nitrogens with one attached hydrogen (secondary N) is 2. The SMILES string of the molecule is CCOC(=O)Nc1cc(-c2ccccc2)[nH]n1. The van der Waals surface area contributed by atoms with Crippen LogP contribution in [0.2, 0.25) is 0 Å². The summed E-state index contributed by atoms with van der Waals surface area (Å²) < 4.78 is 4.76. The molecule has 0 unspecified atom stereocenters. The maximum Gasteiger partial charge on any atom is 0.412 e. The van der Waals surface area contributed by atoms with E-state index in [2.05, 4.69) is 15.5 Å². The molecule has 0 saturated carbocycles. The fourth-order valence-electron chi connectivity index (χ4n) is 1.42. The minimum Gasteiger partial charge on any atom is -0.450 e. The summed E-state index contributed by atoms with van der Waals surface area (Å²) in [7, 11) is 0. The van der Waals surface area contributed by atoms with E-state index >= 15 is 0 Å². The normalized spacial score (nSPS) is 9.94. The lowest BCUT2D eigenvalue weighted by molar-refractivity contribution is 0.168. The Kier molecular flexibility index (Phi) is 3.40. The molecular formula is C12H13N3O2. The van der Waals surface area contributed by atoms with Crippen LogP contribution in [-0.2, 0) is 4.74 Å². The number of aromatic nitrogens is 2. The van der Waals surface area contributed by atoms with Crippen LogP contribution in [0.25, 0.3) is 11.3 Å². The topological polar surface area (TPSA) is 67.0 Å². The third kappa shape index (κ3) is 2.84. The number of anilines is 1. The first-order valence-electron chi connectivity index (χ1n) is 5.34. The molecule has 0 saturated heterocycles. The highest BCUT2D eigenvalue weighted by Gasteiger charge is 2.06. The molecule has 1 aromatic heterocycles. The number of benzene rings is 1. The summed E-state index contributed by atoms with van der Waals surface area (Å²) >= 11 is 0. The van der Waals surface area contributed by atoms with Gasteiger partial charge in [-0.1, -0.05) is 30.3 Å². The third-order valence-corrected chi connectivity index (χ3v) is 2.17. The summed E-state index contributed by atoms with van der Waals surface area (Å²) in [5, 5.41) is 9.36. The van der Waals surface area contributed by atoms with Gasteiger partial charge in [0, 0.05) is 6.07 Å². The van der Waals surface area contributed by atoms with Crippen LogP contribution in [0.15, 0.2) is 36.4 Å². The molecule has 5 heteroatoms. The number of aromatic amines is 1. The first-order valence-corrected chi connectivity index (χ1v) is 5.34. The quantitative estimate of drug-likeness (QED) is 0.853. The molecule has 0 spiro atoms. The lowest BCUT2D eigenvalue weighted by Gasteiger charge is -2.00. The van der Waals surface area contributed by atoms with Crippen LogP contribution in [0.3, 0.4) is 0 Å². The van der Waals surface area contributed by atoms with Gasteiger partial charge in [0.15, 0.2) is 5.82 Å². The molecule has 0 bridgehead atoms. The molecular weight excluding hydrogens is 218 g/mol. The van der Waals surface area contributed by atoms with Crippen molar-refractivity contribution < 1.29 is 9.53 Å². The molecule has 0 aliphatic carbocycles. The van der Waals surface area contributed by atoms with Crippen LogP contribution in [-0.4, -0.2) is 22.9 Å². The Hall–Kier alpha value is -2.30. The zero-order valence-corrected chi connectivity index (χ0v) is 9.43. The van der Waals surface area contributed by atoms with Crippen molar-refractivity contribution in [1.82, 2.24) is 10.2 Å². The van der Waals surface area contributed by atoms with Gasteiger partial charge in [-0.3, -0.25) is 10.4 Å². The number of rotatable bonds is 3. The summed E-state index contributed by atoms with van der Waals surface area (Å²) in [6.45, 7) is 2.08. The standard InChI is InChI=1S/C12H13N3O2/c1-2-17-12(16)13-11-8-10(14-15-11)9-6-4-3-5-7-9/h3-8H,2H2,1H3,(H2,13,14,15,16). The fourth-order valence-corrected chi connectivity index (χ4v) is 1.42. The number of carbonyl (C=O) groups excluding carboxylic acids is 1. The van der Waals surface area contributed by atoms with Crippen LogP contribution in [0.1, 0.15) is 6.92 Å². The van der Waals surface area contributed by atoms with Gasteiger partial charge in [0.2, 0.25) is 0 Å². The Balaban J connectivity index is 2.09. The minimum atomic E-state index is -0.501. The maximum absolute atomic E-state index is 11.2. The first-order chi connectivity index (χ1) is 8.29. The number of hydrogen-bond donors (Lipinski definition) is 2. The number of ether oxygens (including phenoxy) is 1. The number of carbonyl (C=O) groups is 1. The van der Waals surface area contributed by atoms with Gasteiger partial charge in [-0.15, -0.1) is 0 Å².